The summed E-state index contributed by atoms with van der Waals surface area (Å²) in [5.74, 6) is 3.80. The maximum atomic E-state index is 11.6. The first-order chi connectivity index (χ1) is 10.0. The summed E-state index contributed by atoms with van der Waals surface area (Å²) in [7, 11) is 0. The second-order valence-electron chi connectivity index (χ2n) is 4.48. The van der Waals surface area contributed by atoms with E-state index in [1.54, 1.807) is 0 Å². The fourth-order valence-corrected chi connectivity index (χ4v) is 1.72. The summed E-state index contributed by atoms with van der Waals surface area (Å²) < 4.78 is 5.17. The highest BCUT2D eigenvalue weighted by atomic mass is 16.5. The van der Waals surface area contributed by atoms with Crippen LogP contribution in [-0.4, -0.2) is 48.2 Å². The third kappa shape index (κ3) is 6.28. The van der Waals surface area contributed by atoms with E-state index in [1.807, 2.05) is 5.43 Å². The number of hydrazine groups is 1. The molecule has 1 heterocycles. The summed E-state index contributed by atoms with van der Waals surface area (Å²) in [4.78, 5) is 45.9. The SMILES string of the molecule is NNC(=O)CCOCCCC(=O)CCN1C(=O)C=CC1=O. The van der Waals surface area contributed by atoms with Gasteiger partial charge in [-0.25, -0.2) is 5.84 Å². The second kappa shape index (κ2) is 8.98. The number of hydrogen-bond donors (Lipinski definition) is 2. The number of nitrogens with zero attached hydrogens (tertiary/aromatic N) is 1. The van der Waals surface area contributed by atoms with Gasteiger partial charge in [-0.2, -0.15) is 0 Å². The van der Waals surface area contributed by atoms with E-state index in [9.17, 15) is 19.2 Å². The minimum absolute atomic E-state index is 0.0363. The summed E-state index contributed by atoms with van der Waals surface area (Å²) in [6, 6.07) is 0. The Morgan fingerprint density at radius 2 is 1.76 bits per heavy atom. The Bertz CT molecular complexity index is 429. The van der Waals surface area contributed by atoms with Crippen molar-refractivity contribution in [3.05, 3.63) is 12.2 Å². The zero-order chi connectivity index (χ0) is 15.7. The molecule has 0 spiro atoms. The number of nitrogens with two attached hydrogens (primary N) is 1. The van der Waals surface area contributed by atoms with E-state index in [4.69, 9.17) is 10.6 Å². The molecule has 1 rings (SSSR count). The molecule has 3 amide bonds. The van der Waals surface area contributed by atoms with Gasteiger partial charge in [0.25, 0.3) is 11.8 Å². The normalized spacial score (nSPS) is 13.9. The predicted octanol–water partition coefficient (Wildman–Crippen LogP) is -0.953. The summed E-state index contributed by atoms with van der Waals surface area (Å²) in [6.07, 6.45) is 3.55. The van der Waals surface area contributed by atoms with Crippen molar-refractivity contribution in [2.45, 2.75) is 25.7 Å². The average Bonchev–Trinajstić information content (AvgIpc) is 2.79. The second-order valence-corrected chi connectivity index (χ2v) is 4.48. The summed E-state index contributed by atoms with van der Waals surface area (Å²) in [5.41, 5.74) is 1.99. The van der Waals surface area contributed by atoms with Crippen LogP contribution in [0.2, 0.25) is 0 Å². The zero-order valence-electron chi connectivity index (χ0n) is 11.7. The minimum Gasteiger partial charge on any atom is -0.381 e. The van der Waals surface area contributed by atoms with Gasteiger partial charge in [0.2, 0.25) is 5.91 Å². The average molecular weight is 297 g/mol. The summed E-state index contributed by atoms with van der Waals surface area (Å²) in [6.45, 7) is 0.730. The largest absolute Gasteiger partial charge is 0.381 e. The molecular formula is C13H19N3O5. The van der Waals surface area contributed by atoms with E-state index in [0.717, 1.165) is 4.90 Å². The maximum Gasteiger partial charge on any atom is 0.253 e. The molecule has 0 unspecified atom stereocenters. The Balaban J connectivity index is 2.03. The van der Waals surface area contributed by atoms with Crippen molar-refractivity contribution in [1.29, 1.82) is 0 Å². The van der Waals surface area contributed by atoms with Crippen molar-refractivity contribution in [2.75, 3.05) is 19.8 Å². The van der Waals surface area contributed by atoms with Crippen LogP contribution < -0.4 is 11.3 Å². The number of hydrogen-bond acceptors (Lipinski definition) is 6. The van der Waals surface area contributed by atoms with Gasteiger partial charge in [-0.05, 0) is 6.42 Å². The van der Waals surface area contributed by atoms with Gasteiger partial charge in [0.05, 0.1) is 13.0 Å². The predicted molar refractivity (Wildman–Crippen MR) is 72.5 cm³/mol. The van der Waals surface area contributed by atoms with E-state index in [1.165, 1.54) is 12.2 Å². The Morgan fingerprint density at radius 3 is 2.38 bits per heavy atom. The molecule has 0 aromatic heterocycles. The number of nitrogens with one attached hydrogen (secondary N) is 1. The van der Waals surface area contributed by atoms with Crippen molar-refractivity contribution in [3.8, 4) is 0 Å². The molecular weight excluding hydrogens is 278 g/mol. The van der Waals surface area contributed by atoms with E-state index in [0.29, 0.717) is 19.4 Å². The first kappa shape index (κ1) is 17.0. The van der Waals surface area contributed by atoms with Gasteiger partial charge in [0.1, 0.15) is 5.78 Å². The molecule has 21 heavy (non-hydrogen) atoms. The number of amides is 3. The molecule has 1 aliphatic rings. The van der Waals surface area contributed by atoms with Gasteiger partial charge < -0.3 is 4.74 Å². The maximum absolute atomic E-state index is 11.6. The van der Waals surface area contributed by atoms with Crippen LogP contribution in [0.25, 0.3) is 0 Å². The molecule has 0 saturated carbocycles. The smallest absolute Gasteiger partial charge is 0.253 e. The van der Waals surface area contributed by atoms with Gasteiger partial charge in [-0.3, -0.25) is 29.5 Å². The van der Waals surface area contributed by atoms with Crippen molar-refractivity contribution >= 4 is 23.5 Å². The quantitative estimate of drug-likeness (QED) is 0.176. The van der Waals surface area contributed by atoms with Crippen LogP contribution >= 0.6 is 0 Å². The lowest BCUT2D eigenvalue weighted by Gasteiger charge is -2.12. The van der Waals surface area contributed by atoms with E-state index in [-0.39, 0.29) is 49.5 Å². The van der Waals surface area contributed by atoms with Crippen LogP contribution in [0.3, 0.4) is 0 Å². The first-order valence-electron chi connectivity index (χ1n) is 6.67. The van der Waals surface area contributed by atoms with Gasteiger partial charge in [0, 0.05) is 38.1 Å². The molecule has 0 aromatic rings. The Morgan fingerprint density at radius 1 is 1.10 bits per heavy atom. The zero-order valence-corrected chi connectivity index (χ0v) is 11.7. The molecule has 0 bridgehead atoms. The van der Waals surface area contributed by atoms with Gasteiger partial charge in [0.15, 0.2) is 0 Å². The summed E-state index contributed by atoms with van der Waals surface area (Å²) >= 11 is 0. The number of rotatable bonds is 10. The fourth-order valence-electron chi connectivity index (χ4n) is 1.72. The number of carbonyl (C=O) groups is 4. The monoisotopic (exact) mass is 297 g/mol. The minimum atomic E-state index is -0.380. The topological polar surface area (TPSA) is 119 Å². The van der Waals surface area contributed by atoms with Gasteiger partial charge in [-0.15, -0.1) is 0 Å². The number of ether oxygens (including phenoxy) is 1. The van der Waals surface area contributed by atoms with Crippen molar-refractivity contribution in [1.82, 2.24) is 10.3 Å². The van der Waals surface area contributed by atoms with Crippen LogP contribution in [0.1, 0.15) is 25.7 Å². The highest BCUT2D eigenvalue weighted by Gasteiger charge is 2.23. The van der Waals surface area contributed by atoms with Gasteiger partial charge >= 0.3 is 0 Å². The Hall–Kier alpha value is -2.06. The summed E-state index contributed by atoms with van der Waals surface area (Å²) in [5, 5.41) is 0. The highest BCUT2D eigenvalue weighted by Crippen LogP contribution is 2.06. The van der Waals surface area contributed by atoms with Crippen molar-refractivity contribution < 1.29 is 23.9 Å². The molecule has 1 aliphatic heterocycles. The Labute approximate surface area is 122 Å². The molecule has 8 heteroatoms. The van der Waals surface area contributed by atoms with E-state index < -0.39 is 0 Å². The molecule has 0 radical (unpaired) electrons. The molecule has 116 valence electrons. The highest BCUT2D eigenvalue weighted by molar-refractivity contribution is 6.13. The lowest BCUT2D eigenvalue weighted by Crippen LogP contribution is -2.32. The number of Topliss-reactive ketones (excluding diaryl/α,β-unsaturated/α-hetero) is 1. The van der Waals surface area contributed by atoms with E-state index >= 15 is 0 Å². The third-order valence-corrected chi connectivity index (χ3v) is 2.89. The lowest BCUT2D eigenvalue weighted by atomic mass is 10.1. The Kier molecular flexibility index (Phi) is 7.27. The van der Waals surface area contributed by atoms with Crippen LogP contribution in [-0.2, 0) is 23.9 Å². The third-order valence-electron chi connectivity index (χ3n) is 2.89. The first-order valence-corrected chi connectivity index (χ1v) is 6.67. The number of ketones is 1. The molecule has 0 aliphatic carbocycles. The number of carbonyl (C=O) groups excluding carboxylic acids is 4. The molecule has 0 atom stereocenters. The van der Waals surface area contributed by atoms with Crippen LogP contribution in [0.5, 0.6) is 0 Å². The molecule has 0 aromatic carbocycles. The molecule has 3 N–H and O–H groups in total. The molecule has 0 fully saturated rings. The lowest BCUT2D eigenvalue weighted by molar-refractivity contribution is -0.137. The van der Waals surface area contributed by atoms with Crippen molar-refractivity contribution in [3.63, 3.8) is 0 Å². The van der Waals surface area contributed by atoms with Crippen LogP contribution in [0.4, 0.5) is 0 Å². The fraction of sp³-hybridized carbons (Fsp3) is 0.538. The molecule has 0 saturated heterocycles. The van der Waals surface area contributed by atoms with Gasteiger partial charge in [-0.1, -0.05) is 0 Å². The van der Waals surface area contributed by atoms with Crippen LogP contribution in [0.15, 0.2) is 12.2 Å². The molecule has 8 nitrogen and oxygen atoms in total. The van der Waals surface area contributed by atoms with Crippen LogP contribution in [0, 0.1) is 0 Å². The number of imide groups is 1. The standard InChI is InChI=1S/C13H19N3O5/c14-15-11(18)6-9-21-8-1-2-10(17)5-7-16-12(19)3-4-13(16)20/h3-4H,1-2,5-9,14H2,(H,15,18). The van der Waals surface area contributed by atoms with Crippen molar-refractivity contribution in [2.24, 2.45) is 5.84 Å². The van der Waals surface area contributed by atoms with E-state index in [2.05, 4.69) is 0 Å².